The molecular weight excluding hydrogens is 250 g/mol. The molecule has 2 aliphatic rings. The van der Waals surface area contributed by atoms with E-state index in [0.717, 1.165) is 25.0 Å². The standard InChI is InChI=1S/C16H31N3O/c1-3-13-6-4-5-7-15(13)18-14-8-10-19(11-9-14)12-16(20)17-2/h13-15,18H,3-12H2,1-2H3,(H,17,20). The van der Waals surface area contributed by atoms with Crippen LogP contribution in [-0.4, -0.2) is 49.6 Å². The van der Waals surface area contributed by atoms with Gasteiger partial charge < -0.3 is 10.6 Å². The van der Waals surface area contributed by atoms with Crippen LogP contribution in [0.1, 0.15) is 51.9 Å². The second-order valence-electron chi connectivity index (χ2n) is 6.45. The number of hydrogen-bond donors (Lipinski definition) is 2. The first-order valence-electron chi connectivity index (χ1n) is 8.42. The lowest BCUT2D eigenvalue weighted by Gasteiger charge is -2.38. The van der Waals surface area contributed by atoms with Gasteiger partial charge in [0, 0.05) is 32.2 Å². The number of hydrogen-bond acceptors (Lipinski definition) is 3. The second kappa shape index (κ2) is 7.99. The van der Waals surface area contributed by atoms with E-state index >= 15 is 0 Å². The Morgan fingerprint density at radius 3 is 2.50 bits per heavy atom. The maximum Gasteiger partial charge on any atom is 0.233 e. The molecule has 0 aromatic rings. The van der Waals surface area contributed by atoms with Gasteiger partial charge in [0.25, 0.3) is 0 Å². The fourth-order valence-electron chi connectivity index (χ4n) is 3.76. The minimum atomic E-state index is 0.134. The van der Waals surface area contributed by atoms with Crippen LogP contribution in [-0.2, 0) is 4.79 Å². The van der Waals surface area contributed by atoms with Gasteiger partial charge in [-0.15, -0.1) is 0 Å². The zero-order valence-electron chi connectivity index (χ0n) is 13.2. The van der Waals surface area contributed by atoms with Crippen molar-refractivity contribution in [1.29, 1.82) is 0 Å². The average Bonchev–Trinajstić information content (AvgIpc) is 2.49. The maximum atomic E-state index is 11.4. The number of carbonyl (C=O) groups excluding carboxylic acids is 1. The first-order chi connectivity index (χ1) is 9.72. The van der Waals surface area contributed by atoms with E-state index in [4.69, 9.17) is 0 Å². The number of likely N-dealkylation sites (tertiary alicyclic amines) is 1. The lowest BCUT2D eigenvalue weighted by atomic mass is 9.82. The highest BCUT2D eigenvalue weighted by molar-refractivity contribution is 5.77. The third kappa shape index (κ3) is 4.45. The van der Waals surface area contributed by atoms with Gasteiger partial charge in [0.1, 0.15) is 0 Å². The van der Waals surface area contributed by atoms with E-state index in [9.17, 15) is 4.79 Å². The van der Waals surface area contributed by atoms with Gasteiger partial charge in [-0.2, -0.15) is 0 Å². The quantitative estimate of drug-likeness (QED) is 0.807. The summed E-state index contributed by atoms with van der Waals surface area (Å²) in [4.78, 5) is 13.7. The molecule has 116 valence electrons. The van der Waals surface area contributed by atoms with Crippen molar-refractivity contribution >= 4 is 5.91 Å². The van der Waals surface area contributed by atoms with Crippen LogP contribution in [0.25, 0.3) is 0 Å². The molecule has 0 spiro atoms. The molecule has 4 nitrogen and oxygen atoms in total. The largest absolute Gasteiger partial charge is 0.358 e. The van der Waals surface area contributed by atoms with Gasteiger partial charge in [-0.05, 0) is 31.6 Å². The summed E-state index contributed by atoms with van der Waals surface area (Å²) in [5.74, 6) is 1.02. The van der Waals surface area contributed by atoms with Crippen LogP contribution >= 0.6 is 0 Å². The van der Waals surface area contributed by atoms with Crippen LogP contribution in [0.3, 0.4) is 0 Å². The van der Waals surface area contributed by atoms with E-state index in [1.54, 1.807) is 7.05 Å². The number of rotatable bonds is 5. The van der Waals surface area contributed by atoms with Gasteiger partial charge in [0.2, 0.25) is 5.91 Å². The van der Waals surface area contributed by atoms with Crippen molar-refractivity contribution in [3.8, 4) is 0 Å². The minimum Gasteiger partial charge on any atom is -0.358 e. The number of piperidine rings is 1. The van der Waals surface area contributed by atoms with E-state index in [1.807, 2.05) is 0 Å². The molecule has 1 amide bonds. The van der Waals surface area contributed by atoms with Crippen LogP contribution in [0.4, 0.5) is 0 Å². The van der Waals surface area contributed by atoms with E-state index < -0.39 is 0 Å². The molecule has 0 radical (unpaired) electrons. The Kier molecular flexibility index (Phi) is 6.30. The van der Waals surface area contributed by atoms with E-state index in [1.165, 1.54) is 44.9 Å². The van der Waals surface area contributed by atoms with Crippen LogP contribution in [0.15, 0.2) is 0 Å². The average molecular weight is 281 g/mol. The summed E-state index contributed by atoms with van der Waals surface area (Å²) in [7, 11) is 1.71. The van der Waals surface area contributed by atoms with Gasteiger partial charge in [0.15, 0.2) is 0 Å². The third-order valence-electron chi connectivity index (χ3n) is 5.12. The van der Waals surface area contributed by atoms with Gasteiger partial charge in [-0.1, -0.05) is 26.2 Å². The van der Waals surface area contributed by atoms with Gasteiger partial charge >= 0.3 is 0 Å². The highest BCUT2D eigenvalue weighted by Gasteiger charge is 2.27. The number of likely N-dealkylation sites (N-methyl/N-ethyl adjacent to an activating group) is 1. The summed E-state index contributed by atoms with van der Waals surface area (Å²) in [6.45, 7) is 4.99. The van der Waals surface area contributed by atoms with Crippen molar-refractivity contribution in [2.75, 3.05) is 26.7 Å². The van der Waals surface area contributed by atoms with Crippen molar-refractivity contribution in [2.24, 2.45) is 5.92 Å². The lowest BCUT2D eigenvalue weighted by molar-refractivity contribution is -0.122. The smallest absolute Gasteiger partial charge is 0.233 e. The van der Waals surface area contributed by atoms with Crippen LogP contribution in [0.5, 0.6) is 0 Å². The first-order valence-corrected chi connectivity index (χ1v) is 8.42. The highest BCUT2D eigenvalue weighted by Crippen LogP contribution is 2.28. The maximum absolute atomic E-state index is 11.4. The molecule has 0 aromatic carbocycles. The third-order valence-corrected chi connectivity index (χ3v) is 5.12. The summed E-state index contributed by atoms with van der Waals surface area (Å²) < 4.78 is 0. The van der Waals surface area contributed by atoms with Crippen molar-refractivity contribution in [3.05, 3.63) is 0 Å². The number of nitrogens with zero attached hydrogens (tertiary/aromatic N) is 1. The Hall–Kier alpha value is -0.610. The first kappa shape index (κ1) is 15.8. The Balaban J connectivity index is 1.72. The zero-order valence-corrected chi connectivity index (χ0v) is 13.2. The normalized spacial score (nSPS) is 29.3. The second-order valence-corrected chi connectivity index (χ2v) is 6.45. The van der Waals surface area contributed by atoms with Crippen LogP contribution < -0.4 is 10.6 Å². The Morgan fingerprint density at radius 2 is 1.85 bits per heavy atom. The van der Waals surface area contributed by atoms with E-state index in [2.05, 4.69) is 22.5 Å². The predicted molar refractivity (Wildman–Crippen MR) is 82.7 cm³/mol. The summed E-state index contributed by atoms with van der Waals surface area (Å²) in [6, 6.07) is 1.40. The van der Waals surface area contributed by atoms with Gasteiger partial charge in [-0.3, -0.25) is 9.69 Å². The molecule has 1 saturated carbocycles. The zero-order chi connectivity index (χ0) is 14.4. The molecule has 20 heavy (non-hydrogen) atoms. The number of amides is 1. The van der Waals surface area contributed by atoms with Gasteiger partial charge in [-0.25, -0.2) is 0 Å². The molecule has 1 heterocycles. The SMILES string of the molecule is CCC1CCCCC1NC1CCN(CC(=O)NC)CC1. The van der Waals surface area contributed by atoms with E-state index in [0.29, 0.717) is 12.6 Å². The molecule has 1 saturated heterocycles. The number of carbonyl (C=O) groups is 1. The highest BCUT2D eigenvalue weighted by atomic mass is 16.1. The molecular formula is C16H31N3O. The van der Waals surface area contributed by atoms with Crippen LogP contribution in [0.2, 0.25) is 0 Å². The fourth-order valence-corrected chi connectivity index (χ4v) is 3.76. The fraction of sp³-hybridized carbons (Fsp3) is 0.938. The number of nitrogens with one attached hydrogen (secondary N) is 2. The Morgan fingerprint density at radius 1 is 1.15 bits per heavy atom. The summed E-state index contributed by atoms with van der Waals surface area (Å²) in [6.07, 6.45) is 9.26. The van der Waals surface area contributed by atoms with Gasteiger partial charge in [0.05, 0.1) is 6.54 Å². The van der Waals surface area contributed by atoms with Crippen molar-refractivity contribution in [2.45, 2.75) is 64.0 Å². The van der Waals surface area contributed by atoms with E-state index in [-0.39, 0.29) is 5.91 Å². The lowest BCUT2D eigenvalue weighted by Crippen LogP contribution is -2.50. The Labute approximate surface area is 123 Å². The predicted octanol–water partition coefficient (Wildman–Crippen LogP) is 1.76. The monoisotopic (exact) mass is 281 g/mol. The molecule has 4 heteroatoms. The molecule has 2 N–H and O–H groups in total. The molecule has 0 bridgehead atoms. The molecule has 2 rings (SSSR count). The van der Waals surface area contributed by atoms with Crippen molar-refractivity contribution in [1.82, 2.24) is 15.5 Å². The summed E-state index contributed by atoms with van der Waals surface area (Å²) >= 11 is 0. The molecule has 0 aromatic heterocycles. The topological polar surface area (TPSA) is 44.4 Å². The minimum absolute atomic E-state index is 0.134. The van der Waals surface area contributed by atoms with Crippen molar-refractivity contribution < 1.29 is 4.79 Å². The molecule has 2 fully saturated rings. The Bertz CT molecular complexity index is 300. The molecule has 2 atom stereocenters. The van der Waals surface area contributed by atoms with Crippen LogP contribution in [0, 0.1) is 5.92 Å². The molecule has 2 unspecified atom stereocenters. The van der Waals surface area contributed by atoms with Crippen molar-refractivity contribution in [3.63, 3.8) is 0 Å². The summed E-state index contributed by atoms with van der Waals surface area (Å²) in [5.41, 5.74) is 0. The summed E-state index contributed by atoms with van der Waals surface area (Å²) in [5, 5.41) is 6.63. The molecule has 1 aliphatic heterocycles. The molecule has 1 aliphatic carbocycles.